The Morgan fingerprint density at radius 1 is 0.833 bits per heavy atom. The third-order valence-electron chi connectivity index (χ3n) is 4.25. The van der Waals surface area contributed by atoms with Crippen molar-refractivity contribution in [2.75, 3.05) is 0 Å². The molecule has 0 aromatic heterocycles. The number of hydrogen-bond acceptors (Lipinski definition) is 0. The molecule has 0 heterocycles. The van der Waals surface area contributed by atoms with Crippen LogP contribution in [0, 0.1) is 0 Å². The van der Waals surface area contributed by atoms with Gasteiger partial charge >= 0.3 is 0 Å². The van der Waals surface area contributed by atoms with Gasteiger partial charge in [-0.1, -0.05) is 64.1 Å². The van der Waals surface area contributed by atoms with Gasteiger partial charge in [-0.25, -0.2) is 0 Å². The first kappa shape index (κ1) is 13.1. The SMILES string of the molecule is CCC(C)c1ccc2ccccc2c1C(C)CC. The Bertz CT molecular complexity index is 525. The smallest absolute Gasteiger partial charge is 0.0146 e. The lowest BCUT2D eigenvalue weighted by atomic mass is 9.83. The summed E-state index contributed by atoms with van der Waals surface area (Å²) in [6, 6.07) is 13.4. The van der Waals surface area contributed by atoms with E-state index in [0.29, 0.717) is 11.8 Å². The highest BCUT2D eigenvalue weighted by molar-refractivity contribution is 5.87. The number of benzene rings is 2. The molecule has 0 spiro atoms. The second-order valence-electron chi connectivity index (χ2n) is 5.41. The van der Waals surface area contributed by atoms with Crippen molar-refractivity contribution in [3.05, 3.63) is 47.5 Å². The second-order valence-corrected chi connectivity index (χ2v) is 5.41. The van der Waals surface area contributed by atoms with Crippen molar-refractivity contribution in [2.24, 2.45) is 0 Å². The van der Waals surface area contributed by atoms with Crippen molar-refractivity contribution in [1.29, 1.82) is 0 Å². The molecule has 0 amide bonds. The lowest BCUT2D eigenvalue weighted by molar-refractivity contribution is 0.682. The van der Waals surface area contributed by atoms with Gasteiger partial charge in [-0.15, -0.1) is 0 Å². The number of hydrogen-bond donors (Lipinski definition) is 0. The largest absolute Gasteiger partial charge is 0.0648 e. The van der Waals surface area contributed by atoms with E-state index in [4.69, 9.17) is 0 Å². The lowest BCUT2D eigenvalue weighted by Gasteiger charge is -2.21. The Labute approximate surface area is 111 Å². The summed E-state index contributed by atoms with van der Waals surface area (Å²) in [5.74, 6) is 1.29. The zero-order valence-electron chi connectivity index (χ0n) is 12.0. The molecule has 96 valence electrons. The van der Waals surface area contributed by atoms with Gasteiger partial charge in [0.1, 0.15) is 0 Å². The number of rotatable bonds is 4. The van der Waals surface area contributed by atoms with Crippen LogP contribution in [0.4, 0.5) is 0 Å². The standard InChI is InChI=1S/C18H24/c1-5-13(3)16-12-11-15-9-7-8-10-17(15)18(16)14(4)6-2/h7-14H,5-6H2,1-4H3. The summed E-state index contributed by atoms with van der Waals surface area (Å²) < 4.78 is 0. The molecule has 2 rings (SSSR count). The fourth-order valence-electron chi connectivity index (χ4n) is 2.72. The highest BCUT2D eigenvalue weighted by Gasteiger charge is 2.16. The molecule has 0 aliphatic rings. The molecule has 0 radical (unpaired) electrons. The van der Waals surface area contributed by atoms with Crippen LogP contribution in [0.5, 0.6) is 0 Å². The van der Waals surface area contributed by atoms with E-state index in [2.05, 4.69) is 64.1 Å². The van der Waals surface area contributed by atoms with E-state index in [0.717, 1.165) is 0 Å². The fourth-order valence-corrected chi connectivity index (χ4v) is 2.72. The third-order valence-corrected chi connectivity index (χ3v) is 4.25. The fraction of sp³-hybridized carbons (Fsp3) is 0.444. The topological polar surface area (TPSA) is 0 Å². The summed E-state index contributed by atoms with van der Waals surface area (Å²) in [7, 11) is 0. The maximum atomic E-state index is 2.35. The Morgan fingerprint density at radius 3 is 2.17 bits per heavy atom. The zero-order chi connectivity index (χ0) is 13.1. The van der Waals surface area contributed by atoms with Crippen LogP contribution in [0.1, 0.15) is 63.5 Å². The Kier molecular flexibility index (Phi) is 4.06. The number of fused-ring (bicyclic) bond motifs is 1. The molecule has 0 bridgehead atoms. The van der Waals surface area contributed by atoms with Crippen LogP contribution in [0.25, 0.3) is 10.8 Å². The van der Waals surface area contributed by atoms with Crippen molar-refractivity contribution in [1.82, 2.24) is 0 Å². The van der Waals surface area contributed by atoms with E-state index in [1.807, 2.05) is 0 Å². The Hall–Kier alpha value is -1.30. The molecule has 0 saturated carbocycles. The molecule has 18 heavy (non-hydrogen) atoms. The highest BCUT2D eigenvalue weighted by Crippen LogP contribution is 2.35. The van der Waals surface area contributed by atoms with Gasteiger partial charge in [0.25, 0.3) is 0 Å². The summed E-state index contributed by atoms with van der Waals surface area (Å²) in [4.78, 5) is 0. The maximum absolute atomic E-state index is 2.35. The van der Waals surface area contributed by atoms with E-state index < -0.39 is 0 Å². The average Bonchev–Trinajstić information content (AvgIpc) is 2.44. The monoisotopic (exact) mass is 240 g/mol. The van der Waals surface area contributed by atoms with Crippen LogP contribution in [-0.2, 0) is 0 Å². The average molecular weight is 240 g/mol. The second kappa shape index (κ2) is 5.56. The molecule has 0 aliphatic heterocycles. The third kappa shape index (κ3) is 2.29. The van der Waals surface area contributed by atoms with Crippen LogP contribution in [0.2, 0.25) is 0 Å². The minimum absolute atomic E-state index is 0.639. The maximum Gasteiger partial charge on any atom is -0.0146 e. The molecule has 0 saturated heterocycles. The first-order valence-electron chi connectivity index (χ1n) is 7.20. The molecule has 0 aliphatic carbocycles. The van der Waals surface area contributed by atoms with Gasteiger partial charge < -0.3 is 0 Å². The minimum atomic E-state index is 0.639. The molecule has 0 fully saturated rings. The predicted molar refractivity (Wildman–Crippen MR) is 81.4 cm³/mol. The minimum Gasteiger partial charge on any atom is -0.0648 e. The first-order valence-corrected chi connectivity index (χ1v) is 7.20. The van der Waals surface area contributed by atoms with Crippen LogP contribution in [-0.4, -0.2) is 0 Å². The summed E-state index contributed by atoms with van der Waals surface area (Å²) >= 11 is 0. The normalized spacial score (nSPS) is 14.7. The Morgan fingerprint density at radius 2 is 1.50 bits per heavy atom. The van der Waals surface area contributed by atoms with Crippen LogP contribution >= 0.6 is 0 Å². The van der Waals surface area contributed by atoms with Gasteiger partial charge in [0.05, 0.1) is 0 Å². The van der Waals surface area contributed by atoms with E-state index >= 15 is 0 Å². The van der Waals surface area contributed by atoms with Crippen LogP contribution < -0.4 is 0 Å². The van der Waals surface area contributed by atoms with Gasteiger partial charge in [0, 0.05) is 0 Å². The van der Waals surface area contributed by atoms with Crippen molar-refractivity contribution < 1.29 is 0 Å². The van der Waals surface area contributed by atoms with Gasteiger partial charge in [-0.2, -0.15) is 0 Å². The van der Waals surface area contributed by atoms with Gasteiger partial charge in [0.2, 0.25) is 0 Å². The van der Waals surface area contributed by atoms with Crippen molar-refractivity contribution in [2.45, 2.75) is 52.4 Å². The molecule has 2 unspecified atom stereocenters. The first-order chi connectivity index (χ1) is 8.69. The summed E-state index contributed by atoms with van der Waals surface area (Å²) in [5.41, 5.74) is 3.12. The summed E-state index contributed by atoms with van der Waals surface area (Å²) in [5, 5.41) is 2.82. The van der Waals surface area contributed by atoms with Gasteiger partial charge in [-0.3, -0.25) is 0 Å². The molecule has 2 aromatic carbocycles. The molecule has 2 atom stereocenters. The zero-order valence-corrected chi connectivity index (χ0v) is 12.0. The van der Waals surface area contributed by atoms with E-state index in [1.165, 1.54) is 23.6 Å². The van der Waals surface area contributed by atoms with Crippen molar-refractivity contribution in [3.63, 3.8) is 0 Å². The molecule has 0 N–H and O–H groups in total. The summed E-state index contributed by atoms with van der Waals surface area (Å²) in [6.45, 7) is 9.26. The van der Waals surface area contributed by atoms with Crippen molar-refractivity contribution in [3.8, 4) is 0 Å². The molecule has 0 nitrogen and oxygen atoms in total. The van der Waals surface area contributed by atoms with Crippen LogP contribution in [0.3, 0.4) is 0 Å². The molecule has 2 aromatic rings. The van der Waals surface area contributed by atoms with E-state index in [1.54, 1.807) is 11.1 Å². The molecular formula is C18H24. The van der Waals surface area contributed by atoms with Gasteiger partial charge in [-0.05, 0) is 46.6 Å². The molecule has 0 heteroatoms. The molecular weight excluding hydrogens is 216 g/mol. The Balaban J connectivity index is 2.70. The van der Waals surface area contributed by atoms with E-state index in [9.17, 15) is 0 Å². The quantitative estimate of drug-likeness (QED) is 0.627. The van der Waals surface area contributed by atoms with Gasteiger partial charge in [0.15, 0.2) is 0 Å². The van der Waals surface area contributed by atoms with Crippen molar-refractivity contribution >= 4 is 10.8 Å². The van der Waals surface area contributed by atoms with Crippen LogP contribution in [0.15, 0.2) is 36.4 Å². The highest BCUT2D eigenvalue weighted by atomic mass is 14.2. The van der Waals surface area contributed by atoms with E-state index in [-0.39, 0.29) is 0 Å². The summed E-state index contributed by atoms with van der Waals surface area (Å²) in [6.07, 6.45) is 2.42. The lowest BCUT2D eigenvalue weighted by Crippen LogP contribution is -2.03. The predicted octanol–water partition coefficient (Wildman–Crippen LogP) is 5.87.